The smallest absolute Gasteiger partial charge is 0.321 e. The van der Waals surface area contributed by atoms with E-state index < -0.39 is 0 Å². The second-order valence-corrected chi connectivity index (χ2v) is 4.00. The Balaban J connectivity index is 2.50. The Kier molecular flexibility index (Phi) is 5.68. The molecule has 1 aromatic carbocycles. The first-order valence-corrected chi connectivity index (χ1v) is 5.84. The summed E-state index contributed by atoms with van der Waals surface area (Å²) in [6, 6.07) is 8.74. The second-order valence-electron chi connectivity index (χ2n) is 4.00. The average Bonchev–Trinajstić information content (AvgIpc) is 2.39. The maximum atomic E-state index is 11.8. The van der Waals surface area contributed by atoms with Gasteiger partial charge in [0.2, 0.25) is 0 Å². The molecule has 0 aromatic heterocycles. The highest BCUT2D eigenvalue weighted by molar-refractivity contribution is 5.89. The lowest BCUT2D eigenvalue weighted by Gasteiger charge is -2.17. The molecule has 0 saturated carbocycles. The summed E-state index contributed by atoms with van der Waals surface area (Å²) in [6.07, 6.45) is 0.901. The molecule has 2 amide bonds. The van der Waals surface area contributed by atoms with Gasteiger partial charge in [0.05, 0.1) is 11.6 Å². The SMILES string of the molecule is CNCCCN(C)C(=O)Nc1cccc(C#N)c1. The molecule has 18 heavy (non-hydrogen) atoms. The number of anilines is 1. The normalized spacial score (nSPS) is 9.61. The molecular weight excluding hydrogens is 228 g/mol. The highest BCUT2D eigenvalue weighted by atomic mass is 16.2. The van der Waals surface area contributed by atoms with Crippen LogP contribution in [0.5, 0.6) is 0 Å². The Morgan fingerprint density at radius 2 is 2.28 bits per heavy atom. The van der Waals surface area contributed by atoms with Gasteiger partial charge in [-0.25, -0.2) is 4.79 Å². The number of carbonyl (C=O) groups is 1. The third-order valence-corrected chi connectivity index (χ3v) is 2.51. The third kappa shape index (κ3) is 4.44. The van der Waals surface area contributed by atoms with Crippen molar-refractivity contribution in [1.82, 2.24) is 10.2 Å². The predicted octanol–water partition coefficient (Wildman–Crippen LogP) is 1.63. The van der Waals surface area contributed by atoms with Crippen molar-refractivity contribution in [2.75, 3.05) is 32.5 Å². The van der Waals surface area contributed by atoms with Gasteiger partial charge in [-0.2, -0.15) is 5.26 Å². The van der Waals surface area contributed by atoms with E-state index in [0.717, 1.165) is 13.0 Å². The van der Waals surface area contributed by atoms with Gasteiger partial charge in [0.1, 0.15) is 0 Å². The minimum Gasteiger partial charge on any atom is -0.328 e. The van der Waals surface area contributed by atoms with Gasteiger partial charge in [-0.05, 0) is 38.2 Å². The van der Waals surface area contributed by atoms with E-state index >= 15 is 0 Å². The summed E-state index contributed by atoms with van der Waals surface area (Å²) < 4.78 is 0. The number of nitrogens with one attached hydrogen (secondary N) is 2. The monoisotopic (exact) mass is 246 g/mol. The fraction of sp³-hybridized carbons (Fsp3) is 0.385. The Labute approximate surface area is 107 Å². The molecule has 5 nitrogen and oxygen atoms in total. The molecule has 0 fully saturated rings. The van der Waals surface area contributed by atoms with Crippen molar-refractivity contribution in [2.45, 2.75) is 6.42 Å². The summed E-state index contributed by atoms with van der Waals surface area (Å²) in [4.78, 5) is 13.4. The molecule has 0 heterocycles. The van der Waals surface area contributed by atoms with Crippen LogP contribution in [-0.4, -0.2) is 38.1 Å². The molecule has 0 atom stereocenters. The van der Waals surface area contributed by atoms with Crippen LogP contribution in [0, 0.1) is 11.3 Å². The highest BCUT2D eigenvalue weighted by Crippen LogP contribution is 2.10. The second kappa shape index (κ2) is 7.30. The zero-order valence-corrected chi connectivity index (χ0v) is 10.7. The summed E-state index contributed by atoms with van der Waals surface area (Å²) in [7, 11) is 3.63. The van der Waals surface area contributed by atoms with E-state index in [9.17, 15) is 4.79 Å². The van der Waals surface area contributed by atoms with Crippen LogP contribution in [0.25, 0.3) is 0 Å². The van der Waals surface area contributed by atoms with Crippen molar-refractivity contribution < 1.29 is 4.79 Å². The Bertz CT molecular complexity index is 439. The first-order valence-electron chi connectivity index (χ1n) is 5.84. The quantitative estimate of drug-likeness (QED) is 0.776. The zero-order chi connectivity index (χ0) is 13.4. The lowest BCUT2D eigenvalue weighted by Crippen LogP contribution is -2.33. The van der Waals surface area contributed by atoms with Crippen LogP contribution >= 0.6 is 0 Å². The first kappa shape index (κ1) is 14.0. The van der Waals surface area contributed by atoms with Crippen LogP contribution < -0.4 is 10.6 Å². The van der Waals surface area contributed by atoms with Crippen LogP contribution in [-0.2, 0) is 0 Å². The zero-order valence-electron chi connectivity index (χ0n) is 10.7. The number of nitrogens with zero attached hydrogens (tertiary/aromatic N) is 2. The van der Waals surface area contributed by atoms with Crippen LogP contribution in [0.1, 0.15) is 12.0 Å². The molecular formula is C13H18N4O. The predicted molar refractivity (Wildman–Crippen MR) is 71.3 cm³/mol. The molecule has 2 N–H and O–H groups in total. The van der Waals surface area contributed by atoms with E-state index in [-0.39, 0.29) is 6.03 Å². The van der Waals surface area contributed by atoms with Crippen LogP contribution in [0.3, 0.4) is 0 Å². The number of rotatable bonds is 5. The minimum absolute atomic E-state index is 0.166. The molecule has 1 rings (SSSR count). The van der Waals surface area contributed by atoms with E-state index in [1.165, 1.54) is 0 Å². The Morgan fingerprint density at radius 3 is 2.94 bits per heavy atom. The van der Waals surface area contributed by atoms with E-state index in [2.05, 4.69) is 10.6 Å². The number of carbonyl (C=O) groups excluding carboxylic acids is 1. The molecule has 0 saturated heterocycles. The fourth-order valence-electron chi connectivity index (χ4n) is 1.48. The van der Waals surface area contributed by atoms with Crippen LogP contribution in [0.15, 0.2) is 24.3 Å². The first-order chi connectivity index (χ1) is 8.67. The highest BCUT2D eigenvalue weighted by Gasteiger charge is 2.08. The molecule has 0 bridgehead atoms. The van der Waals surface area contributed by atoms with Crippen molar-refractivity contribution in [3.8, 4) is 6.07 Å². The van der Waals surface area contributed by atoms with Gasteiger partial charge in [0.25, 0.3) is 0 Å². The number of amides is 2. The maximum absolute atomic E-state index is 11.8. The molecule has 5 heteroatoms. The van der Waals surface area contributed by atoms with E-state index in [4.69, 9.17) is 5.26 Å². The summed E-state index contributed by atoms with van der Waals surface area (Å²) in [6.45, 7) is 1.56. The van der Waals surface area contributed by atoms with Gasteiger partial charge in [-0.1, -0.05) is 6.07 Å². The molecule has 0 unspecified atom stereocenters. The molecule has 96 valence electrons. The van der Waals surface area contributed by atoms with Crippen molar-refractivity contribution in [3.05, 3.63) is 29.8 Å². The number of hydrogen-bond donors (Lipinski definition) is 2. The van der Waals surface area contributed by atoms with Crippen molar-refractivity contribution >= 4 is 11.7 Å². The summed E-state index contributed by atoms with van der Waals surface area (Å²) in [5.41, 5.74) is 1.17. The van der Waals surface area contributed by atoms with Gasteiger partial charge < -0.3 is 15.5 Å². The van der Waals surface area contributed by atoms with E-state index in [1.807, 2.05) is 13.1 Å². The standard InChI is InChI=1S/C13H18N4O/c1-15-7-4-8-17(2)13(18)16-12-6-3-5-11(9-12)10-14/h3,5-6,9,15H,4,7-8H2,1-2H3,(H,16,18). The number of nitriles is 1. The molecule has 1 aromatic rings. The number of urea groups is 1. The van der Waals surface area contributed by atoms with E-state index in [0.29, 0.717) is 17.8 Å². The van der Waals surface area contributed by atoms with Crippen LogP contribution in [0.4, 0.5) is 10.5 Å². The number of hydrogen-bond acceptors (Lipinski definition) is 3. The lowest BCUT2D eigenvalue weighted by atomic mass is 10.2. The lowest BCUT2D eigenvalue weighted by molar-refractivity contribution is 0.222. The molecule has 0 aliphatic rings. The summed E-state index contributed by atoms with van der Waals surface area (Å²) in [5.74, 6) is 0. The minimum atomic E-state index is -0.166. The maximum Gasteiger partial charge on any atom is 0.321 e. The van der Waals surface area contributed by atoms with Crippen molar-refractivity contribution in [2.24, 2.45) is 0 Å². The van der Waals surface area contributed by atoms with Crippen molar-refractivity contribution in [3.63, 3.8) is 0 Å². The van der Waals surface area contributed by atoms with Crippen LogP contribution in [0.2, 0.25) is 0 Å². The molecule has 0 aliphatic heterocycles. The van der Waals surface area contributed by atoms with Gasteiger partial charge in [0.15, 0.2) is 0 Å². The average molecular weight is 246 g/mol. The van der Waals surface area contributed by atoms with Crippen molar-refractivity contribution in [1.29, 1.82) is 5.26 Å². The fourth-order valence-corrected chi connectivity index (χ4v) is 1.48. The molecule has 0 aliphatic carbocycles. The van der Waals surface area contributed by atoms with Gasteiger partial charge in [0, 0.05) is 19.3 Å². The Morgan fingerprint density at radius 1 is 1.50 bits per heavy atom. The topological polar surface area (TPSA) is 68.2 Å². The summed E-state index contributed by atoms with van der Waals surface area (Å²) in [5, 5.41) is 14.6. The number of benzene rings is 1. The van der Waals surface area contributed by atoms with Gasteiger partial charge in [-0.3, -0.25) is 0 Å². The summed E-state index contributed by atoms with van der Waals surface area (Å²) >= 11 is 0. The van der Waals surface area contributed by atoms with Gasteiger partial charge in [-0.15, -0.1) is 0 Å². The Hall–Kier alpha value is -2.06. The largest absolute Gasteiger partial charge is 0.328 e. The molecule has 0 spiro atoms. The molecule has 0 radical (unpaired) electrons. The third-order valence-electron chi connectivity index (χ3n) is 2.51. The van der Waals surface area contributed by atoms with E-state index in [1.54, 1.807) is 36.2 Å². The van der Waals surface area contributed by atoms with Gasteiger partial charge >= 0.3 is 6.03 Å².